The zero-order valence-corrected chi connectivity index (χ0v) is 14.3. The van der Waals surface area contributed by atoms with E-state index in [1.54, 1.807) is 18.4 Å². The number of hydrogen-bond acceptors (Lipinski definition) is 4. The average Bonchev–Trinajstić information content (AvgIpc) is 3.11. The van der Waals surface area contributed by atoms with Gasteiger partial charge in [0.05, 0.1) is 25.5 Å². The number of carbonyl (C=O) groups excluding carboxylic acids is 1. The topological polar surface area (TPSA) is 54.7 Å². The third kappa shape index (κ3) is 4.22. The van der Waals surface area contributed by atoms with Gasteiger partial charge in [0.25, 0.3) is 5.91 Å². The summed E-state index contributed by atoms with van der Waals surface area (Å²) in [5.74, 6) is 0.783. The molecule has 0 radical (unpaired) electrons. The van der Waals surface area contributed by atoms with Crippen molar-refractivity contribution in [3.63, 3.8) is 0 Å². The molecule has 2 aromatic rings. The van der Waals surface area contributed by atoms with E-state index in [1.165, 1.54) is 0 Å². The number of benzene rings is 1. The summed E-state index contributed by atoms with van der Waals surface area (Å²) in [4.78, 5) is 14.6. The molecule has 5 nitrogen and oxygen atoms in total. The highest BCUT2D eigenvalue weighted by Crippen LogP contribution is 2.22. The van der Waals surface area contributed by atoms with Crippen LogP contribution < -0.4 is 5.32 Å². The van der Waals surface area contributed by atoms with E-state index in [1.807, 2.05) is 24.3 Å². The maximum absolute atomic E-state index is 12.3. The highest BCUT2D eigenvalue weighted by atomic mass is 79.9. The van der Waals surface area contributed by atoms with Crippen molar-refractivity contribution in [2.75, 3.05) is 32.8 Å². The lowest BCUT2D eigenvalue weighted by Crippen LogP contribution is -2.43. The molecule has 1 aliphatic rings. The largest absolute Gasteiger partial charge is 0.468 e. The van der Waals surface area contributed by atoms with Crippen LogP contribution in [0.25, 0.3) is 0 Å². The minimum absolute atomic E-state index is 0.0216. The minimum atomic E-state index is -0.0812. The number of ether oxygens (including phenoxy) is 1. The molecule has 0 spiro atoms. The Kier molecular flexibility index (Phi) is 5.48. The molecule has 1 aliphatic heterocycles. The van der Waals surface area contributed by atoms with E-state index in [-0.39, 0.29) is 11.9 Å². The Hall–Kier alpha value is -1.63. The molecule has 1 N–H and O–H groups in total. The Morgan fingerprint density at radius 2 is 1.96 bits per heavy atom. The van der Waals surface area contributed by atoms with Gasteiger partial charge in [-0.25, -0.2) is 0 Å². The van der Waals surface area contributed by atoms with E-state index in [9.17, 15) is 4.79 Å². The summed E-state index contributed by atoms with van der Waals surface area (Å²) in [6.45, 7) is 3.58. The fraction of sp³-hybridized carbons (Fsp3) is 0.353. The van der Waals surface area contributed by atoms with Gasteiger partial charge in [-0.1, -0.05) is 15.9 Å². The van der Waals surface area contributed by atoms with Crippen LogP contribution in [0.4, 0.5) is 0 Å². The van der Waals surface area contributed by atoms with Crippen LogP contribution in [0.5, 0.6) is 0 Å². The van der Waals surface area contributed by atoms with E-state index in [4.69, 9.17) is 9.15 Å². The third-order valence-corrected chi connectivity index (χ3v) is 4.45. The molecule has 122 valence electrons. The predicted molar refractivity (Wildman–Crippen MR) is 90.3 cm³/mol. The normalized spacial score (nSPS) is 16.9. The van der Waals surface area contributed by atoms with Crippen LogP contribution in [0.15, 0.2) is 51.6 Å². The maximum atomic E-state index is 12.3. The van der Waals surface area contributed by atoms with Gasteiger partial charge in [0.2, 0.25) is 0 Å². The van der Waals surface area contributed by atoms with Crippen molar-refractivity contribution in [3.05, 3.63) is 58.5 Å². The summed E-state index contributed by atoms with van der Waals surface area (Å²) < 4.78 is 11.9. The lowest BCUT2D eigenvalue weighted by Gasteiger charge is -2.33. The first-order chi connectivity index (χ1) is 11.2. The molecule has 3 rings (SSSR count). The Balaban J connectivity index is 1.66. The molecule has 1 aromatic carbocycles. The van der Waals surface area contributed by atoms with Gasteiger partial charge in [-0.05, 0) is 36.4 Å². The summed E-state index contributed by atoms with van der Waals surface area (Å²) in [6, 6.07) is 11.2. The fourth-order valence-corrected chi connectivity index (χ4v) is 2.94. The Morgan fingerprint density at radius 1 is 1.22 bits per heavy atom. The first-order valence-corrected chi connectivity index (χ1v) is 8.42. The number of rotatable bonds is 5. The van der Waals surface area contributed by atoms with Crippen LogP contribution in [0.1, 0.15) is 22.2 Å². The molecular weight excluding hydrogens is 360 g/mol. The second kappa shape index (κ2) is 7.77. The van der Waals surface area contributed by atoms with Crippen molar-refractivity contribution in [2.24, 2.45) is 0 Å². The number of hydrogen-bond donors (Lipinski definition) is 1. The van der Waals surface area contributed by atoms with Crippen LogP contribution in [-0.2, 0) is 4.74 Å². The van der Waals surface area contributed by atoms with Crippen molar-refractivity contribution < 1.29 is 13.9 Å². The lowest BCUT2D eigenvalue weighted by molar-refractivity contribution is 0.0118. The molecule has 0 saturated carbocycles. The van der Waals surface area contributed by atoms with Gasteiger partial charge >= 0.3 is 0 Å². The molecule has 6 heteroatoms. The molecule has 2 heterocycles. The van der Waals surface area contributed by atoms with E-state index in [2.05, 4.69) is 26.1 Å². The van der Waals surface area contributed by atoms with Crippen molar-refractivity contribution in [1.82, 2.24) is 10.2 Å². The summed E-state index contributed by atoms with van der Waals surface area (Å²) in [6.07, 6.45) is 1.67. The molecule has 0 aliphatic carbocycles. The molecular formula is C17H19BrN2O3. The molecule has 23 heavy (non-hydrogen) atoms. The smallest absolute Gasteiger partial charge is 0.251 e. The van der Waals surface area contributed by atoms with E-state index < -0.39 is 0 Å². The van der Waals surface area contributed by atoms with Gasteiger partial charge < -0.3 is 14.5 Å². The molecule has 1 aromatic heterocycles. The van der Waals surface area contributed by atoms with Crippen LogP contribution in [-0.4, -0.2) is 43.7 Å². The zero-order valence-electron chi connectivity index (χ0n) is 12.7. The third-order valence-electron chi connectivity index (χ3n) is 3.92. The zero-order chi connectivity index (χ0) is 16.1. The first kappa shape index (κ1) is 16.2. The summed E-state index contributed by atoms with van der Waals surface area (Å²) >= 11 is 3.37. The summed E-state index contributed by atoms with van der Waals surface area (Å²) in [7, 11) is 0. The number of nitrogens with one attached hydrogen (secondary N) is 1. The van der Waals surface area contributed by atoms with Crippen LogP contribution in [0.2, 0.25) is 0 Å². The Morgan fingerprint density at radius 3 is 2.61 bits per heavy atom. The molecule has 1 fully saturated rings. The highest BCUT2D eigenvalue weighted by Gasteiger charge is 2.25. The summed E-state index contributed by atoms with van der Waals surface area (Å²) in [5.41, 5.74) is 0.647. The second-order valence-corrected chi connectivity index (χ2v) is 6.31. The molecule has 1 atom stereocenters. The average molecular weight is 379 g/mol. The van der Waals surface area contributed by atoms with Gasteiger partial charge in [-0.3, -0.25) is 9.69 Å². The monoisotopic (exact) mass is 378 g/mol. The van der Waals surface area contributed by atoms with E-state index in [0.717, 1.165) is 23.3 Å². The summed E-state index contributed by atoms with van der Waals surface area (Å²) in [5, 5.41) is 3.01. The van der Waals surface area contributed by atoms with Crippen molar-refractivity contribution in [1.29, 1.82) is 0 Å². The quantitative estimate of drug-likeness (QED) is 0.868. The number of nitrogens with zero attached hydrogens (tertiary/aromatic N) is 1. The highest BCUT2D eigenvalue weighted by molar-refractivity contribution is 9.10. The van der Waals surface area contributed by atoms with Crippen molar-refractivity contribution in [2.45, 2.75) is 6.04 Å². The minimum Gasteiger partial charge on any atom is -0.468 e. The van der Waals surface area contributed by atoms with Gasteiger partial charge in [-0.15, -0.1) is 0 Å². The van der Waals surface area contributed by atoms with Gasteiger partial charge in [0, 0.05) is 29.7 Å². The number of furan rings is 1. The van der Waals surface area contributed by atoms with Crippen LogP contribution in [0.3, 0.4) is 0 Å². The lowest BCUT2D eigenvalue weighted by atomic mass is 10.1. The van der Waals surface area contributed by atoms with Crippen molar-refractivity contribution >= 4 is 21.8 Å². The predicted octanol–water partition coefficient (Wildman–Crippen LogP) is 2.85. The Labute approximate surface area is 143 Å². The molecule has 0 unspecified atom stereocenters. The number of morpholine rings is 1. The molecule has 1 amide bonds. The second-order valence-electron chi connectivity index (χ2n) is 5.40. The molecule has 1 saturated heterocycles. The molecule has 0 bridgehead atoms. The van der Waals surface area contributed by atoms with Crippen LogP contribution in [0, 0.1) is 0 Å². The Bertz CT molecular complexity index is 622. The van der Waals surface area contributed by atoms with Gasteiger partial charge in [-0.2, -0.15) is 0 Å². The fourth-order valence-electron chi connectivity index (χ4n) is 2.67. The first-order valence-electron chi connectivity index (χ1n) is 7.63. The standard InChI is InChI=1S/C17H19BrN2O3/c18-14-5-3-13(4-6-14)17(21)19-12-15(16-2-1-9-23-16)20-7-10-22-11-8-20/h1-6,9,15H,7-8,10-12H2,(H,19,21)/t15-/m1/s1. The number of halogens is 1. The van der Waals surface area contributed by atoms with E-state index >= 15 is 0 Å². The number of carbonyl (C=O) groups is 1. The van der Waals surface area contributed by atoms with E-state index in [0.29, 0.717) is 25.3 Å². The maximum Gasteiger partial charge on any atom is 0.251 e. The number of amides is 1. The van der Waals surface area contributed by atoms with Crippen LogP contribution >= 0.6 is 15.9 Å². The van der Waals surface area contributed by atoms with Crippen molar-refractivity contribution in [3.8, 4) is 0 Å². The van der Waals surface area contributed by atoms with Gasteiger partial charge in [0.15, 0.2) is 0 Å². The van der Waals surface area contributed by atoms with Gasteiger partial charge in [0.1, 0.15) is 5.76 Å². The SMILES string of the molecule is O=C(NC[C@H](c1ccco1)N1CCOCC1)c1ccc(Br)cc1.